The van der Waals surface area contributed by atoms with Gasteiger partial charge in [0.25, 0.3) is 0 Å². The SMILES string of the molecule is NC1CCN(c2n[nH]c(-c3ccc(I)c(Cl)c3)n2)C1. The molecule has 1 saturated heterocycles. The highest BCUT2D eigenvalue weighted by Gasteiger charge is 2.22. The van der Waals surface area contributed by atoms with Gasteiger partial charge in [0.15, 0.2) is 5.82 Å². The van der Waals surface area contributed by atoms with Crippen molar-refractivity contribution in [2.75, 3.05) is 18.0 Å². The topological polar surface area (TPSA) is 70.8 Å². The Balaban J connectivity index is 1.86. The highest BCUT2D eigenvalue weighted by molar-refractivity contribution is 14.1. The first kappa shape index (κ1) is 13.1. The van der Waals surface area contributed by atoms with Crippen molar-refractivity contribution in [1.29, 1.82) is 0 Å². The molecule has 1 fully saturated rings. The Labute approximate surface area is 129 Å². The quantitative estimate of drug-likeness (QED) is 0.773. The van der Waals surface area contributed by atoms with E-state index in [1.54, 1.807) is 0 Å². The molecule has 2 aromatic rings. The second-order valence-corrected chi connectivity index (χ2v) is 6.18. The van der Waals surface area contributed by atoms with Gasteiger partial charge in [-0.1, -0.05) is 17.7 Å². The number of H-pyrrole nitrogens is 1. The third-order valence-corrected chi connectivity index (χ3v) is 4.75. The Hall–Kier alpha value is -0.860. The first-order valence-corrected chi connectivity index (χ1v) is 7.47. The summed E-state index contributed by atoms with van der Waals surface area (Å²) in [5.74, 6) is 1.44. The highest BCUT2D eigenvalue weighted by Crippen LogP contribution is 2.26. The molecule has 1 aliphatic rings. The van der Waals surface area contributed by atoms with Gasteiger partial charge in [-0.3, -0.25) is 5.10 Å². The van der Waals surface area contributed by atoms with Crippen LogP contribution >= 0.6 is 34.2 Å². The van der Waals surface area contributed by atoms with Crippen LogP contribution in [0.2, 0.25) is 5.02 Å². The summed E-state index contributed by atoms with van der Waals surface area (Å²) < 4.78 is 1.02. The number of hydrogen-bond donors (Lipinski definition) is 2. The lowest BCUT2D eigenvalue weighted by atomic mass is 10.2. The van der Waals surface area contributed by atoms with Crippen LogP contribution in [-0.2, 0) is 0 Å². The summed E-state index contributed by atoms with van der Waals surface area (Å²) in [6.45, 7) is 1.72. The molecule has 0 aliphatic carbocycles. The monoisotopic (exact) mass is 389 g/mol. The normalized spacial score (nSPS) is 19.1. The second kappa shape index (κ2) is 5.26. The van der Waals surface area contributed by atoms with Crippen LogP contribution in [0, 0.1) is 3.57 Å². The minimum absolute atomic E-state index is 0.217. The van der Waals surface area contributed by atoms with E-state index >= 15 is 0 Å². The third kappa shape index (κ3) is 2.70. The number of halogens is 2. The molecule has 1 aliphatic heterocycles. The molecule has 2 heterocycles. The molecule has 3 rings (SSSR count). The summed E-state index contributed by atoms with van der Waals surface area (Å²) >= 11 is 8.32. The van der Waals surface area contributed by atoms with E-state index in [9.17, 15) is 0 Å². The van der Waals surface area contributed by atoms with Gasteiger partial charge in [0.1, 0.15) is 0 Å². The Morgan fingerprint density at radius 3 is 3.00 bits per heavy atom. The Bertz CT molecular complexity index is 600. The third-order valence-electron chi connectivity index (χ3n) is 3.17. The largest absolute Gasteiger partial charge is 0.338 e. The van der Waals surface area contributed by atoms with Crippen molar-refractivity contribution in [1.82, 2.24) is 15.2 Å². The summed E-state index contributed by atoms with van der Waals surface area (Å²) in [4.78, 5) is 6.61. The molecule has 3 N–H and O–H groups in total. The van der Waals surface area contributed by atoms with E-state index in [0.29, 0.717) is 5.95 Å². The lowest BCUT2D eigenvalue weighted by Gasteiger charge is -2.11. The number of rotatable bonds is 2. The zero-order chi connectivity index (χ0) is 13.4. The van der Waals surface area contributed by atoms with Crippen LogP contribution in [0.3, 0.4) is 0 Å². The number of anilines is 1. The molecule has 0 saturated carbocycles. The van der Waals surface area contributed by atoms with Crippen molar-refractivity contribution >= 4 is 40.1 Å². The fourth-order valence-electron chi connectivity index (χ4n) is 2.14. The molecule has 19 heavy (non-hydrogen) atoms. The number of benzene rings is 1. The molecule has 0 bridgehead atoms. The maximum atomic E-state index is 6.12. The van der Waals surface area contributed by atoms with E-state index in [2.05, 4.69) is 42.7 Å². The van der Waals surface area contributed by atoms with E-state index in [1.165, 1.54) is 0 Å². The molecule has 7 heteroatoms. The molecule has 0 spiro atoms. The average Bonchev–Trinajstić information content (AvgIpc) is 3.01. The summed E-state index contributed by atoms with van der Waals surface area (Å²) in [6.07, 6.45) is 0.985. The van der Waals surface area contributed by atoms with E-state index in [1.807, 2.05) is 18.2 Å². The molecular weight excluding hydrogens is 377 g/mol. The highest BCUT2D eigenvalue weighted by atomic mass is 127. The molecule has 1 unspecified atom stereocenters. The molecule has 1 aromatic carbocycles. The zero-order valence-corrected chi connectivity index (χ0v) is 13.0. The maximum absolute atomic E-state index is 6.12. The summed E-state index contributed by atoms with van der Waals surface area (Å²) in [7, 11) is 0. The van der Waals surface area contributed by atoms with Gasteiger partial charge < -0.3 is 10.6 Å². The van der Waals surface area contributed by atoms with Crippen molar-refractivity contribution < 1.29 is 0 Å². The predicted molar refractivity (Wildman–Crippen MR) is 84.4 cm³/mol. The summed E-state index contributed by atoms with van der Waals surface area (Å²) in [5, 5.41) is 7.93. The molecule has 0 amide bonds. The number of aromatic amines is 1. The number of nitrogens with one attached hydrogen (secondary N) is 1. The predicted octanol–water partition coefficient (Wildman–Crippen LogP) is 2.27. The van der Waals surface area contributed by atoms with Gasteiger partial charge in [-0.05, 0) is 41.1 Å². The van der Waals surface area contributed by atoms with E-state index < -0.39 is 0 Å². The van der Waals surface area contributed by atoms with Crippen LogP contribution in [0.25, 0.3) is 11.4 Å². The zero-order valence-electron chi connectivity index (χ0n) is 10.1. The van der Waals surface area contributed by atoms with Crippen LogP contribution in [0.1, 0.15) is 6.42 Å². The van der Waals surface area contributed by atoms with E-state index in [-0.39, 0.29) is 6.04 Å². The molecule has 0 radical (unpaired) electrons. The van der Waals surface area contributed by atoms with Crippen molar-refractivity contribution in [3.05, 3.63) is 26.8 Å². The Morgan fingerprint density at radius 1 is 1.47 bits per heavy atom. The van der Waals surface area contributed by atoms with Gasteiger partial charge in [0, 0.05) is 28.3 Å². The van der Waals surface area contributed by atoms with E-state index in [4.69, 9.17) is 17.3 Å². The number of hydrogen-bond acceptors (Lipinski definition) is 4. The number of nitrogens with two attached hydrogens (primary N) is 1. The van der Waals surface area contributed by atoms with Gasteiger partial charge in [-0.25, -0.2) is 0 Å². The molecule has 5 nitrogen and oxygen atoms in total. The van der Waals surface area contributed by atoms with Crippen LogP contribution in [-0.4, -0.2) is 34.3 Å². The number of nitrogens with zero attached hydrogens (tertiary/aromatic N) is 3. The second-order valence-electron chi connectivity index (χ2n) is 4.61. The van der Waals surface area contributed by atoms with Crippen molar-refractivity contribution in [3.8, 4) is 11.4 Å². The van der Waals surface area contributed by atoms with Crippen LogP contribution in [0.4, 0.5) is 5.95 Å². The fourth-order valence-corrected chi connectivity index (χ4v) is 2.65. The van der Waals surface area contributed by atoms with Crippen LogP contribution in [0.5, 0.6) is 0 Å². The van der Waals surface area contributed by atoms with Crippen molar-refractivity contribution in [2.45, 2.75) is 12.5 Å². The Morgan fingerprint density at radius 2 is 2.32 bits per heavy atom. The molecule has 1 aromatic heterocycles. The lowest BCUT2D eigenvalue weighted by Crippen LogP contribution is -2.26. The first-order chi connectivity index (χ1) is 9.13. The molecule has 1 atom stereocenters. The molecular formula is C12H13ClIN5. The van der Waals surface area contributed by atoms with Crippen molar-refractivity contribution in [2.24, 2.45) is 5.73 Å². The maximum Gasteiger partial charge on any atom is 0.245 e. The van der Waals surface area contributed by atoms with Crippen LogP contribution < -0.4 is 10.6 Å². The summed E-state index contributed by atoms with van der Waals surface area (Å²) in [5.41, 5.74) is 6.83. The standard InChI is InChI=1S/C12H13ClIN5/c13-9-5-7(1-2-10(9)14)11-16-12(18-17-11)19-4-3-8(15)6-19/h1-2,5,8H,3-4,6,15H2,(H,16,17,18). The lowest BCUT2D eigenvalue weighted by molar-refractivity contribution is 0.750. The minimum atomic E-state index is 0.217. The fraction of sp³-hybridized carbons (Fsp3) is 0.333. The van der Waals surface area contributed by atoms with Gasteiger partial charge >= 0.3 is 0 Å². The summed E-state index contributed by atoms with van der Waals surface area (Å²) in [6, 6.07) is 6.05. The van der Waals surface area contributed by atoms with Gasteiger partial charge in [0.2, 0.25) is 5.95 Å². The average molecular weight is 390 g/mol. The van der Waals surface area contributed by atoms with Crippen LogP contribution in [0.15, 0.2) is 18.2 Å². The van der Waals surface area contributed by atoms with Crippen molar-refractivity contribution in [3.63, 3.8) is 0 Å². The minimum Gasteiger partial charge on any atom is -0.338 e. The Kier molecular flexibility index (Phi) is 3.64. The van der Waals surface area contributed by atoms with E-state index in [0.717, 1.165) is 39.5 Å². The smallest absolute Gasteiger partial charge is 0.245 e. The first-order valence-electron chi connectivity index (χ1n) is 6.02. The van der Waals surface area contributed by atoms with Gasteiger partial charge in [0.05, 0.1) is 5.02 Å². The molecule has 100 valence electrons. The van der Waals surface area contributed by atoms with Gasteiger partial charge in [-0.2, -0.15) is 4.98 Å². The number of aromatic nitrogens is 3. The van der Waals surface area contributed by atoms with Gasteiger partial charge in [-0.15, -0.1) is 5.10 Å².